The Morgan fingerprint density at radius 1 is 1.07 bits per heavy atom. The molecule has 0 unspecified atom stereocenters. The molecule has 0 N–H and O–H groups in total. The van der Waals surface area contributed by atoms with Gasteiger partial charge in [0.05, 0.1) is 19.9 Å². The fourth-order valence-corrected chi connectivity index (χ4v) is 3.36. The smallest absolute Gasteiger partial charge is 0.254 e. The molecule has 4 rings (SSSR count). The minimum Gasteiger partial charge on any atom is -0.497 e. The van der Waals surface area contributed by atoms with Gasteiger partial charge in [0, 0.05) is 37.3 Å². The Morgan fingerprint density at radius 2 is 1.86 bits per heavy atom. The minimum absolute atomic E-state index is 0.0426. The van der Waals surface area contributed by atoms with Crippen LogP contribution < -0.4 is 4.74 Å². The lowest BCUT2D eigenvalue weighted by Gasteiger charge is -2.34. The summed E-state index contributed by atoms with van der Waals surface area (Å²) in [4.78, 5) is 21.3. The number of nitrogens with zero attached hydrogens (tertiary/aromatic N) is 3. The van der Waals surface area contributed by atoms with Crippen molar-refractivity contribution in [3.8, 4) is 17.1 Å². The molecule has 1 amide bonds. The second kappa shape index (κ2) is 8.27. The van der Waals surface area contributed by atoms with E-state index in [1.807, 2.05) is 53.4 Å². The summed E-state index contributed by atoms with van der Waals surface area (Å²) >= 11 is 0. The number of ether oxygens (including phenoxy) is 1. The predicted octanol–water partition coefficient (Wildman–Crippen LogP) is 3.31. The normalized spacial score (nSPS) is 14.8. The molecule has 3 aromatic rings. The molecule has 1 saturated heterocycles. The zero-order chi connectivity index (χ0) is 19.3. The molecular formula is C22H23N3O3. The van der Waals surface area contributed by atoms with Crippen molar-refractivity contribution in [1.29, 1.82) is 0 Å². The van der Waals surface area contributed by atoms with Crippen LogP contribution in [0.2, 0.25) is 0 Å². The summed E-state index contributed by atoms with van der Waals surface area (Å²) in [6.45, 7) is 3.59. The first-order chi connectivity index (χ1) is 13.7. The lowest BCUT2D eigenvalue weighted by Crippen LogP contribution is -2.48. The summed E-state index contributed by atoms with van der Waals surface area (Å²) in [5.41, 5.74) is 1.68. The van der Waals surface area contributed by atoms with E-state index in [0.29, 0.717) is 36.8 Å². The third kappa shape index (κ3) is 4.07. The number of oxazole rings is 1. The van der Waals surface area contributed by atoms with E-state index in [-0.39, 0.29) is 5.91 Å². The Kier molecular flexibility index (Phi) is 5.39. The average molecular weight is 377 g/mol. The maximum Gasteiger partial charge on any atom is 0.254 e. The highest BCUT2D eigenvalue weighted by Crippen LogP contribution is 2.21. The van der Waals surface area contributed by atoms with Crippen molar-refractivity contribution in [2.45, 2.75) is 6.54 Å². The molecule has 1 aromatic heterocycles. The number of hydrogen-bond donors (Lipinski definition) is 0. The van der Waals surface area contributed by atoms with E-state index in [9.17, 15) is 4.79 Å². The second-order valence-electron chi connectivity index (χ2n) is 6.78. The van der Waals surface area contributed by atoms with Crippen molar-refractivity contribution in [2.75, 3.05) is 33.3 Å². The van der Waals surface area contributed by atoms with E-state index < -0.39 is 0 Å². The lowest BCUT2D eigenvalue weighted by atomic mass is 10.1. The number of piperazine rings is 1. The summed E-state index contributed by atoms with van der Waals surface area (Å²) in [5, 5.41) is 0. The zero-order valence-corrected chi connectivity index (χ0v) is 15.9. The largest absolute Gasteiger partial charge is 0.497 e. The number of amides is 1. The molecule has 6 nitrogen and oxygen atoms in total. The Hall–Kier alpha value is -3.12. The van der Waals surface area contributed by atoms with Gasteiger partial charge in [-0.1, -0.05) is 36.4 Å². The van der Waals surface area contributed by atoms with Crippen LogP contribution in [0.1, 0.15) is 16.2 Å². The maximum absolute atomic E-state index is 12.7. The molecule has 0 spiro atoms. The molecule has 1 aliphatic heterocycles. The summed E-state index contributed by atoms with van der Waals surface area (Å²) in [7, 11) is 1.61. The monoisotopic (exact) mass is 377 g/mol. The summed E-state index contributed by atoms with van der Waals surface area (Å²) < 4.78 is 11.1. The van der Waals surface area contributed by atoms with Crippen LogP contribution in [0.25, 0.3) is 11.3 Å². The van der Waals surface area contributed by atoms with Crippen molar-refractivity contribution in [3.05, 3.63) is 72.2 Å². The number of carbonyl (C=O) groups is 1. The summed E-state index contributed by atoms with van der Waals surface area (Å²) in [5.74, 6) is 2.22. The number of hydrogen-bond acceptors (Lipinski definition) is 5. The number of methoxy groups -OCH3 is 1. The van der Waals surface area contributed by atoms with E-state index in [1.54, 1.807) is 19.4 Å². The van der Waals surface area contributed by atoms with Crippen LogP contribution in [-0.2, 0) is 6.54 Å². The van der Waals surface area contributed by atoms with E-state index in [0.717, 1.165) is 24.4 Å². The molecular weight excluding hydrogens is 354 g/mol. The van der Waals surface area contributed by atoms with Crippen LogP contribution in [0.3, 0.4) is 0 Å². The lowest BCUT2D eigenvalue weighted by molar-refractivity contribution is 0.0618. The Balaban J connectivity index is 1.33. The number of benzene rings is 2. The molecule has 1 aliphatic rings. The summed E-state index contributed by atoms with van der Waals surface area (Å²) in [6, 6.07) is 17.3. The third-order valence-corrected chi connectivity index (χ3v) is 4.95. The minimum atomic E-state index is 0.0426. The first-order valence-electron chi connectivity index (χ1n) is 9.39. The van der Waals surface area contributed by atoms with Gasteiger partial charge in [0.1, 0.15) is 5.75 Å². The quantitative estimate of drug-likeness (QED) is 0.683. The standard InChI is InChI=1S/C22H23N3O3/c1-27-19-9-5-8-18(14-19)22(26)25-12-10-24(11-13-25)16-21-23-15-20(28-21)17-6-3-2-4-7-17/h2-9,14-15H,10-13,16H2,1H3. The van der Waals surface area contributed by atoms with E-state index in [1.165, 1.54) is 0 Å². The van der Waals surface area contributed by atoms with Gasteiger partial charge in [-0.2, -0.15) is 0 Å². The maximum atomic E-state index is 12.7. The molecule has 2 aromatic carbocycles. The van der Waals surface area contributed by atoms with Gasteiger partial charge in [-0.05, 0) is 18.2 Å². The zero-order valence-electron chi connectivity index (χ0n) is 15.9. The molecule has 0 atom stereocenters. The SMILES string of the molecule is COc1cccc(C(=O)N2CCN(Cc3ncc(-c4ccccc4)o3)CC2)c1. The number of rotatable bonds is 5. The van der Waals surface area contributed by atoms with E-state index in [2.05, 4.69) is 9.88 Å². The van der Waals surface area contributed by atoms with Crippen molar-refractivity contribution >= 4 is 5.91 Å². The van der Waals surface area contributed by atoms with Crippen molar-refractivity contribution in [2.24, 2.45) is 0 Å². The van der Waals surface area contributed by atoms with Gasteiger partial charge in [0.15, 0.2) is 5.76 Å². The van der Waals surface area contributed by atoms with Crippen molar-refractivity contribution in [3.63, 3.8) is 0 Å². The van der Waals surface area contributed by atoms with Gasteiger partial charge in [0.2, 0.25) is 5.89 Å². The van der Waals surface area contributed by atoms with Crippen LogP contribution >= 0.6 is 0 Å². The van der Waals surface area contributed by atoms with Gasteiger partial charge in [-0.25, -0.2) is 4.98 Å². The molecule has 0 aliphatic carbocycles. The third-order valence-electron chi connectivity index (χ3n) is 4.95. The number of aromatic nitrogens is 1. The van der Waals surface area contributed by atoms with E-state index in [4.69, 9.17) is 9.15 Å². The van der Waals surface area contributed by atoms with Gasteiger partial charge < -0.3 is 14.1 Å². The first-order valence-corrected chi connectivity index (χ1v) is 9.39. The molecule has 0 saturated carbocycles. The first kappa shape index (κ1) is 18.3. The van der Waals surface area contributed by atoms with Gasteiger partial charge in [-0.3, -0.25) is 9.69 Å². The molecule has 6 heteroatoms. The van der Waals surface area contributed by atoms with Crippen LogP contribution in [0, 0.1) is 0 Å². The van der Waals surface area contributed by atoms with Crippen LogP contribution in [-0.4, -0.2) is 54.0 Å². The molecule has 28 heavy (non-hydrogen) atoms. The van der Waals surface area contributed by atoms with E-state index >= 15 is 0 Å². The van der Waals surface area contributed by atoms with Gasteiger partial charge in [-0.15, -0.1) is 0 Å². The summed E-state index contributed by atoms with van der Waals surface area (Å²) in [6.07, 6.45) is 1.77. The highest BCUT2D eigenvalue weighted by atomic mass is 16.5. The Labute approximate surface area is 164 Å². The van der Waals surface area contributed by atoms with Crippen molar-refractivity contribution in [1.82, 2.24) is 14.8 Å². The van der Waals surface area contributed by atoms with Crippen molar-refractivity contribution < 1.29 is 13.9 Å². The highest BCUT2D eigenvalue weighted by Gasteiger charge is 2.23. The van der Waals surface area contributed by atoms with Crippen LogP contribution in [0.4, 0.5) is 0 Å². The molecule has 144 valence electrons. The topological polar surface area (TPSA) is 58.8 Å². The average Bonchev–Trinajstić information content (AvgIpc) is 3.23. The molecule has 1 fully saturated rings. The molecule has 2 heterocycles. The van der Waals surface area contributed by atoms with Crippen LogP contribution in [0.5, 0.6) is 5.75 Å². The predicted molar refractivity (Wildman–Crippen MR) is 106 cm³/mol. The Morgan fingerprint density at radius 3 is 2.61 bits per heavy atom. The van der Waals surface area contributed by atoms with Gasteiger partial charge >= 0.3 is 0 Å². The fourth-order valence-electron chi connectivity index (χ4n) is 3.36. The Bertz CT molecular complexity index is 931. The van der Waals surface area contributed by atoms with Gasteiger partial charge in [0.25, 0.3) is 5.91 Å². The molecule has 0 radical (unpaired) electrons. The molecule has 0 bridgehead atoms. The fraction of sp³-hybridized carbons (Fsp3) is 0.273. The second-order valence-corrected chi connectivity index (χ2v) is 6.78. The number of carbonyl (C=O) groups excluding carboxylic acids is 1. The highest BCUT2D eigenvalue weighted by molar-refractivity contribution is 5.94. The van der Waals surface area contributed by atoms with Crippen LogP contribution in [0.15, 0.2) is 65.2 Å².